The summed E-state index contributed by atoms with van der Waals surface area (Å²) in [6, 6.07) is 7.87. The van der Waals surface area contributed by atoms with Crippen molar-refractivity contribution in [2.24, 2.45) is 0 Å². The molecule has 2 aromatic carbocycles. The van der Waals surface area contributed by atoms with Gasteiger partial charge in [-0.3, -0.25) is 4.79 Å². The van der Waals surface area contributed by atoms with Gasteiger partial charge in [-0.1, -0.05) is 12.1 Å². The largest absolute Gasteiger partial charge is 0.504 e. The Morgan fingerprint density at radius 1 is 0.707 bits per heavy atom. The Hall–Kier alpha value is -4.04. The summed E-state index contributed by atoms with van der Waals surface area (Å²) in [4.78, 5) is 24.8. The van der Waals surface area contributed by atoms with E-state index in [0.29, 0.717) is 5.56 Å². The maximum absolute atomic E-state index is 13.3. The summed E-state index contributed by atoms with van der Waals surface area (Å²) in [5.41, 5.74) is 0.764. The summed E-state index contributed by atoms with van der Waals surface area (Å²) in [5.74, 6) is -3.09. The second-order valence-electron chi connectivity index (χ2n) is 13.8. The maximum atomic E-state index is 13.3. The van der Waals surface area contributed by atoms with Crippen LogP contribution in [0, 0.1) is 0 Å². The first-order valence-corrected chi connectivity index (χ1v) is 18.1. The Bertz CT molecular complexity index is 1720. The van der Waals surface area contributed by atoms with Gasteiger partial charge in [-0.05, 0) is 54.8 Å². The number of aliphatic hydroxyl groups is 8. The van der Waals surface area contributed by atoms with E-state index < -0.39 is 129 Å². The lowest BCUT2D eigenvalue weighted by molar-refractivity contribution is -0.364. The molecular weight excluding hydrogens is 780 g/mol. The monoisotopic (exact) mass is 828 g/mol. The highest BCUT2D eigenvalue weighted by molar-refractivity contribution is 5.87. The van der Waals surface area contributed by atoms with Crippen molar-refractivity contribution in [2.45, 2.75) is 112 Å². The molecular formula is C37H48O21. The topological polar surface area (TPSA) is 331 Å². The number of rotatable bonds is 14. The lowest BCUT2D eigenvalue weighted by Crippen LogP contribution is -2.65. The molecule has 5 rings (SSSR count). The van der Waals surface area contributed by atoms with Crippen molar-refractivity contribution in [3.8, 4) is 23.0 Å². The fraction of sp³-hybridized carbons (Fsp3) is 0.568. The van der Waals surface area contributed by atoms with E-state index in [2.05, 4.69) is 0 Å². The third-order valence-electron chi connectivity index (χ3n) is 9.60. The van der Waals surface area contributed by atoms with Gasteiger partial charge < -0.3 is 94.1 Å². The van der Waals surface area contributed by atoms with Gasteiger partial charge in [0.05, 0.1) is 25.9 Å². The Balaban J connectivity index is 1.44. The van der Waals surface area contributed by atoms with Gasteiger partial charge in [-0.2, -0.15) is 0 Å². The van der Waals surface area contributed by atoms with Crippen LogP contribution in [-0.2, 0) is 49.2 Å². The van der Waals surface area contributed by atoms with Crippen LogP contribution in [0.2, 0.25) is 0 Å². The number of hydrogen-bond donors (Lipinski definition) is 11. The second-order valence-corrected chi connectivity index (χ2v) is 13.8. The molecule has 2 aromatic rings. The average Bonchev–Trinajstić information content (AvgIpc) is 3.18. The van der Waals surface area contributed by atoms with Crippen LogP contribution in [-0.4, -0.2) is 180 Å². The van der Waals surface area contributed by atoms with Gasteiger partial charge in [-0.25, -0.2) is 4.79 Å². The number of hydrogen-bond acceptors (Lipinski definition) is 21. The maximum Gasteiger partial charge on any atom is 0.331 e. The number of esters is 2. The summed E-state index contributed by atoms with van der Waals surface area (Å²) >= 11 is 0. The van der Waals surface area contributed by atoms with Crippen molar-refractivity contribution in [1.29, 1.82) is 0 Å². The molecule has 21 nitrogen and oxygen atoms in total. The van der Waals surface area contributed by atoms with Crippen molar-refractivity contribution in [1.82, 2.24) is 0 Å². The van der Waals surface area contributed by atoms with Crippen LogP contribution in [0.1, 0.15) is 25.0 Å². The molecule has 0 aliphatic carbocycles. The number of carbonyl (C=O) groups excluding carboxylic acids is 2. The van der Waals surface area contributed by atoms with E-state index in [9.17, 15) is 65.8 Å². The molecule has 3 aliphatic rings. The summed E-state index contributed by atoms with van der Waals surface area (Å²) in [6.45, 7) is 0.837. The third kappa shape index (κ3) is 10.8. The number of phenolic OH excluding ortho intramolecular Hbond substituents is 3. The van der Waals surface area contributed by atoms with Gasteiger partial charge >= 0.3 is 11.9 Å². The first-order chi connectivity index (χ1) is 27.5. The minimum atomic E-state index is -1.90. The van der Waals surface area contributed by atoms with Crippen LogP contribution < -0.4 is 4.74 Å². The zero-order valence-corrected chi connectivity index (χ0v) is 31.1. The van der Waals surface area contributed by atoms with Crippen molar-refractivity contribution in [3.63, 3.8) is 0 Å². The van der Waals surface area contributed by atoms with Gasteiger partial charge in [0.1, 0.15) is 61.0 Å². The Kier molecular flexibility index (Phi) is 15.4. The van der Waals surface area contributed by atoms with Gasteiger partial charge in [0.25, 0.3) is 0 Å². The lowest BCUT2D eigenvalue weighted by atomic mass is 9.96. The smallest absolute Gasteiger partial charge is 0.331 e. The van der Waals surface area contributed by atoms with Crippen LogP contribution in [0.25, 0.3) is 6.08 Å². The molecule has 0 radical (unpaired) electrons. The van der Waals surface area contributed by atoms with Gasteiger partial charge in [0.2, 0.25) is 0 Å². The molecule has 3 aliphatic heterocycles. The van der Waals surface area contributed by atoms with Crippen LogP contribution >= 0.6 is 0 Å². The first kappa shape index (κ1) is 45.1. The Labute approximate surface area is 330 Å². The number of ether oxygens (including phenoxy) is 8. The van der Waals surface area contributed by atoms with Crippen LogP contribution in [0.4, 0.5) is 0 Å². The zero-order valence-electron chi connectivity index (χ0n) is 31.1. The number of phenols is 3. The molecule has 11 N–H and O–H groups in total. The molecule has 0 aromatic heterocycles. The molecule has 3 saturated heterocycles. The van der Waals surface area contributed by atoms with Crippen molar-refractivity contribution in [3.05, 3.63) is 53.6 Å². The van der Waals surface area contributed by atoms with Gasteiger partial charge in [0.15, 0.2) is 48.0 Å². The fourth-order valence-electron chi connectivity index (χ4n) is 6.36. The van der Waals surface area contributed by atoms with E-state index in [-0.39, 0.29) is 30.1 Å². The lowest BCUT2D eigenvalue weighted by Gasteiger charge is -2.47. The summed E-state index contributed by atoms with van der Waals surface area (Å²) in [6.07, 6.45) is -22.9. The van der Waals surface area contributed by atoms with E-state index in [1.807, 2.05) is 0 Å². The predicted octanol–water partition coefficient (Wildman–Crippen LogP) is -2.97. The normalized spacial score (nSPS) is 35.4. The molecule has 0 amide bonds. The first-order valence-electron chi connectivity index (χ1n) is 18.1. The van der Waals surface area contributed by atoms with Crippen molar-refractivity contribution >= 4 is 18.0 Å². The Morgan fingerprint density at radius 2 is 1.36 bits per heavy atom. The number of carbonyl (C=O) groups is 2. The molecule has 21 heteroatoms. The van der Waals surface area contributed by atoms with Crippen molar-refractivity contribution in [2.75, 3.05) is 19.8 Å². The highest BCUT2D eigenvalue weighted by Gasteiger charge is 2.53. The number of aliphatic hydroxyl groups excluding tert-OH is 8. The van der Waals surface area contributed by atoms with Crippen LogP contribution in [0.15, 0.2) is 42.5 Å². The molecule has 15 unspecified atom stereocenters. The summed E-state index contributed by atoms with van der Waals surface area (Å²) < 4.78 is 45.4. The molecule has 3 fully saturated rings. The average molecular weight is 829 g/mol. The molecule has 0 saturated carbocycles. The van der Waals surface area contributed by atoms with Crippen LogP contribution in [0.3, 0.4) is 0 Å². The van der Waals surface area contributed by atoms with Gasteiger partial charge in [0, 0.05) is 13.0 Å². The minimum absolute atomic E-state index is 0.0841. The fourth-order valence-corrected chi connectivity index (χ4v) is 6.36. The van der Waals surface area contributed by atoms with E-state index in [0.717, 1.165) is 19.1 Å². The molecule has 58 heavy (non-hydrogen) atoms. The van der Waals surface area contributed by atoms with E-state index in [1.54, 1.807) is 0 Å². The second kappa shape index (κ2) is 19.8. The van der Waals surface area contributed by atoms with E-state index in [4.69, 9.17) is 37.9 Å². The molecule has 15 atom stereocenters. The minimum Gasteiger partial charge on any atom is -0.504 e. The van der Waals surface area contributed by atoms with E-state index >= 15 is 0 Å². The molecule has 0 spiro atoms. The predicted molar refractivity (Wildman–Crippen MR) is 189 cm³/mol. The molecule has 0 bridgehead atoms. The Morgan fingerprint density at radius 3 is 2.05 bits per heavy atom. The quantitative estimate of drug-likeness (QED) is 0.0392. The highest BCUT2D eigenvalue weighted by atomic mass is 16.8. The molecule has 322 valence electrons. The zero-order chi connectivity index (χ0) is 42.4. The standard InChI is InChI=1S/C37H48O21/c1-15-26(44)28(46)31(49)37(53-15)58-34-32(50)36(51-10-9-18-4-7-20(41)22(12-18)54-16(2)39)56-24(14-52-35-30(48)29(47)27(45)23(13-38)55-35)33(34)57-25(43)8-5-17-3-6-19(40)21(42)11-17/h3-8,11-12,15,23-24,26-38,40-42,44-50H,9-10,13-14H2,1-2H3. The van der Waals surface area contributed by atoms with Crippen molar-refractivity contribution < 1.29 is 104 Å². The summed E-state index contributed by atoms with van der Waals surface area (Å²) in [5, 5.41) is 114. The van der Waals surface area contributed by atoms with E-state index in [1.165, 1.54) is 43.3 Å². The SMILES string of the molecule is CC(=O)Oc1cc(CCOC2OC(COC3OC(CO)C(O)C(O)C3O)C(OC(=O)C=Cc3ccc(O)c(O)c3)C(OC3OC(C)C(O)C(O)C3O)C2O)ccc1O. The number of benzene rings is 2. The molecule has 3 heterocycles. The number of aromatic hydroxyl groups is 3. The highest BCUT2D eigenvalue weighted by Crippen LogP contribution is 2.33. The third-order valence-corrected chi connectivity index (χ3v) is 9.60. The van der Waals surface area contributed by atoms with Crippen LogP contribution in [0.5, 0.6) is 23.0 Å². The summed E-state index contributed by atoms with van der Waals surface area (Å²) in [7, 11) is 0. The van der Waals surface area contributed by atoms with Gasteiger partial charge in [-0.15, -0.1) is 0 Å².